The van der Waals surface area contributed by atoms with Crippen LogP contribution in [0.5, 0.6) is 5.75 Å². The number of amides is 1. The number of carbonyl (C=O) groups is 1. The Balaban J connectivity index is 1.61. The summed E-state index contributed by atoms with van der Waals surface area (Å²) in [6.45, 7) is 0.0858. The number of halogens is 1. The van der Waals surface area contributed by atoms with E-state index < -0.39 is 5.82 Å². The molecule has 5 nitrogen and oxygen atoms in total. The number of benzene rings is 3. The van der Waals surface area contributed by atoms with Gasteiger partial charge in [0.2, 0.25) is 5.91 Å². The first-order chi connectivity index (χ1) is 14.1. The van der Waals surface area contributed by atoms with Crippen LogP contribution >= 0.6 is 0 Å². The van der Waals surface area contributed by atoms with Gasteiger partial charge in [-0.1, -0.05) is 30.3 Å². The molecule has 1 heterocycles. The Kier molecular flexibility index (Phi) is 5.24. The highest BCUT2D eigenvalue weighted by Crippen LogP contribution is 2.20. The molecule has 1 amide bonds. The van der Waals surface area contributed by atoms with Gasteiger partial charge in [0.1, 0.15) is 23.9 Å². The second kappa shape index (κ2) is 8.14. The van der Waals surface area contributed by atoms with Crippen LogP contribution in [0.15, 0.2) is 72.8 Å². The maximum atomic E-state index is 13.4. The fourth-order valence-corrected chi connectivity index (χ4v) is 3.27. The molecule has 0 saturated heterocycles. The van der Waals surface area contributed by atoms with Crippen molar-refractivity contribution in [3.05, 3.63) is 90.0 Å². The van der Waals surface area contributed by atoms with Gasteiger partial charge in [0.25, 0.3) is 0 Å². The van der Waals surface area contributed by atoms with Crippen molar-refractivity contribution in [2.45, 2.75) is 13.0 Å². The Labute approximate surface area is 167 Å². The smallest absolute Gasteiger partial charge is 0.244 e. The molecule has 0 unspecified atom stereocenters. The normalized spacial score (nSPS) is 10.8. The van der Waals surface area contributed by atoms with Gasteiger partial charge in [0.05, 0.1) is 18.1 Å². The van der Waals surface area contributed by atoms with E-state index in [1.54, 1.807) is 19.2 Å². The number of nitrogens with zero attached hydrogens (tertiary/aromatic N) is 2. The summed E-state index contributed by atoms with van der Waals surface area (Å²) in [7, 11) is 1.63. The number of rotatable bonds is 6. The zero-order valence-electron chi connectivity index (χ0n) is 15.9. The second-order valence-corrected chi connectivity index (χ2v) is 6.69. The zero-order valence-corrected chi connectivity index (χ0v) is 15.9. The fourth-order valence-electron chi connectivity index (χ4n) is 3.27. The van der Waals surface area contributed by atoms with Crippen LogP contribution in [-0.4, -0.2) is 22.6 Å². The molecule has 0 aliphatic heterocycles. The van der Waals surface area contributed by atoms with Crippen LogP contribution in [0.2, 0.25) is 0 Å². The number of para-hydroxylation sites is 2. The van der Waals surface area contributed by atoms with Crippen LogP contribution in [0, 0.1) is 5.82 Å². The van der Waals surface area contributed by atoms with Gasteiger partial charge in [-0.3, -0.25) is 4.79 Å². The standard InChI is InChI=1S/C23H20FN3O2/c1-29-19-11-9-16(10-12-19)13-22-26-20-7-2-3-8-21(20)27(22)15-23(28)25-18-6-4-5-17(24)14-18/h2-12,14H,13,15H2,1H3,(H,25,28). The Morgan fingerprint density at radius 2 is 1.86 bits per heavy atom. The molecule has 0 spiro atoms. The van der Waals surface area contributed by atoms with E-state index in [9.17, 15) is 9.18 Å². The number of methoxy groups -OCH3 is 1. The Bertz CT molecular complexity index is 1150. The van der Waals surface area contributed by atoms with Gasteiger partial charge >= 0.3 is 0 Å². The van der Waals surface area contributed by atoms with Crippen LogP contribution in [0.4, 0.5) is 10.1 Å². The number of fused-ring (bicyclic) bond motifs is 1. The summed E-state index contributed by atoms with van der Waals surface area (Å²) in [5.41, 5.74) is 3.20. The lowest BCUT2D eigenvalue weighted by Gasteiger charge is -2.11. The van der Waals surface area contributed by atoms with Gasteiger partial charge in [0.15, 0.2) is 0 Å². The van der Waals surface area contributed by atoms with Gasteiger partial charge in [0, 0.05) is 12.1 Å². The third-order valence-corrected chi connectivity index (χ3v) is 4.66. The first-order valence-corrected chi connectivity index (χ1v) is 9.25. The average molecular weight is 389 g/mol. The Morgan fingerprint density at radius 1 is 1.07 bits per heavy atom. The first kappa shape index (κ1) is 18.7. The molecule has 0 aliphatic rings. The predicted octanol–water partition coefficient (Wildman–Crippen LogP) is 4.41. The quantitative estimate of drug-likeness (QED) is 0.531. The van der Waals surface area contributed by atoms with E-state index in [0.29, 0.717) is 12.1 Å². The highest BCUT2D eigenvalue weighted by molar-refractivity contribution is 5.91. The molecule has 0 fully saturated rings. The lowest BCUT2D eigenvalue weighted by molar-refractivity contribution is -0.116. The summed E-state index contributed by atoms with van der Waals surface area (Å²) in [5.74, 6) is 0.938. The molecule has 1 aromatic heterocycles. The summed E-state index contributed by atoms with van der Waals surface area (Å²) in [5, 5.41) is 2.75. The van der Waals surface area contributed by atoms with E-state index in [-0.39, 0.29) is 12.5 Å². The second-order valence-electron chi connectivity index (χ2n) is 6.69. The molecular weight excluding hydrogens is 369 g/mol. The molecule has 1 N–H and O–H groups in total. The fraction of sp³-hybridized carbons (Fsp3) is 0.130. The highest BCUT2D eigenvalue weighted by atomic mass is 19.1. The van der Waals surface area contributed by atoms with Crippen LogP contribution in [0.1, 0.15) is 11.4 Å². The van der Waals surface area contributed by atoms with Crippen molar-refractivity contribution in [2.24, 2.45) is 0 Å². The summed E-state index contributed by atoms with van der Waals surface area (Å²) >= 11 is 0. The molecule has 0 atom stereocenters. The van der Waals surface area contributed by atoms with E-state index >= 15 is 0 Å². The summed E-state index contributed by atoms with van der Waals surface area (Å²) in [4.78, 5) is 17.3. The van der Waals surface area contributed by atoms with Gasteiger partial charge in [-0.15, -0.1) is 0 Å². The number of ether oxygens (including phenoxy) is 1. The topological polar surface area (TPSA) is 56.2 Å². The van der Waals surface area contributed by atoms with E-state index in [2.05, 4.69) is 5.32 Å². The van der Waals surface area contributed by atoms with Crippen molar-refractivity contribution in [2.75, 3.05) is 12.4 Å². The number of aromatic nitrogens is 2. The van der Waals surface area contributed by atoms with Gasteiger partial charge < -0.3 is 14.6 Å². The SMILES string of the molecule is COc1ccc(Cc2nc3ccccc3n2CC(=O)Nc2cccc(F)c2)cc1. The number of hydrogen-bond acceptors (Lipinski definition) is 3. The molecule has 146 valence electrons. The maximum Gasteiger partial charge on any atom is 0.244 e. The number of imidazole rings is 1. The molecule has 3 aromatic carbocycles. The number of anilines is 1. The molecule has 0 aliphatic carbocycles. The lowest BCUT2D eigenvalue weighted by atomic mass is 10.1. The van der Waals surface area contributed by atoms with Crippen molar-refractivity contribution >= 4 is 22.6 Å². The minimum atomic E-state index is -0.393. The molecule has 4 rings (SSSR count). The van der Waals surface area contributed by atoms with E-state index in [4.69, 9.17) is 9.72 Å². The average Bonchev–Trinajstić information content (AvgIpc) is 3.05. The van der Waals surface area contributed by atoms with Crippen molar-refractivity contribution in [1.82, 2.24) is 9.55 Å². The minimum absolute atomic E-state index is 0.0858. The molecule has 0 radical (unpaired) electrons. The van der Waals surface area contributed by atoms with E-state index in [1.807, 2.05) is 53.1 Å². The molecule has 4 aromatic rings. The van der Waals surface area contributed by atoms with E-state index in [1.165, 1.54) is 12.1 Å². The number of nitrogens with one attached hydrogen (secondary N) is 1. The highest BCUT2D eigenvalue weighted by Gasteiger charge is 2.14. The van der Waals surface area contributed by atoms with Gasteiger partial charge in [-0.2, -0.15) is 0 Å². The largest absolute Gasteiger partial charge is 0.497 e. The van der Waals surface area contributed by atoms with E-state index in [0.717, 1.165) is 28.2 Å². The van der Waals surface area contributed by atoms with Crippen LogP contribution in [0.3, 0.4) is 0 Å². The van der Waals surface area contributed by atoms with Crippen LogP contribution in [-0.2, 0) is 17.8 Å². The van der Waals surface area contributed by atoms with Gasteiger partial charge in [-0.25, -0.2) is 9.37 Å². The molecule has 6 heteroatoms. The van der Waals surface area contributed by atoms with Crippen LogP contribution in [0.25, 0.3) is 11.0 Å². The molecule has 0 bridgehead atoms. The molecule has 29 heavy (non-hydrogen) atoms. The maximum absolute atomic E-state index is 13.4. The Morgan fingerprint density at radius 3 is 2.62 bits per heavy atom. The van der Waals surface area contributed by atoms with Crippen molar-refractivity contribution in [1.29, 1.82) is 0 Å². The monoisotopic (exact) mass is 389 g/mol. The first-order valence-electron chi connectivity index (χ1n) is 9.25. The number of hydrogen-bond donors (Lipinski definition) is 1. The Hall–Kier alpha value is -3.67. The van der Waals surface area contributed by atoms with Crippen LogP contribution < -0.4 is 10.1 Å². The summed E-state index contributed by atoms with van der Waals surface area (Å²) in [6.07, 6.45) is 0.575. The minimum Gasteiger partial charge on any atom is -0.497 e. The third kappa shape index (κ3) is 4.27. The summed E-state index contributed by atoms with van der Waals surface area (Å²) < 4.78 is 20.5. The number of carbonyl (C=O) groups excluding carboxylic acids is 1. The zero-order chi connectivity index (χ0) is 20.2. The molecule has 0 saturated carbocycles. The lowest BCUT2D eigenvalue weighted by Crippen LogP contribution is -2.20. The van der Waals surface area contributed by atoms with Crippen molar-refractivity contribution in [3.8, 4) is 5.75 Å². The van der Waals surface area contributed by atoms with Crippen molar-refractivity contribution < 1.29 is 13.9 Å². The summed E-state index contributed by atoms with van der Waals surface area (Å²) in [6, 6.07) is 21.3. The molecular formula is C23H20FN3O2. The van der Waals surface area contributed by atoms with Crippen molar-refractivity contribution in [3.63, 3.8) is 0 Å². The third-order valence-electron chi connectivity index (χ3n) is 4.66. The van der Waals surface area contributed by atoms with Gasteiger partial charge in [-0.05, 0) is 48.0 Å². The predicted molar refractivity (Wildman–Crippen MR) is 111 cm³/mol.